The van der Waals surface area contributed by atoms with E-state index in [9.17, 15) is 4.79 Å². The molecule has 0 aromatic rings. The molecule has 0 fully saturated rings. The standard InChI is InChI=1S/C19H37BrO2/c1-2-3-4-5-6-7-8-9-10-11-12-13-14-15-16-17-18(20)19(21)22/h18H,2-17H2,1H3,(H,21,22). The van der Waals surface area contributed by atoms with Crippen LogP contribution in [-0.2, 0) is 4.79 Å². The zero-order chi connectivity index (χ0) is 16.5. The van der Waals surface area contributed by atoms with Gasteiger partial charge in [0.25, 0.3) is 0 Å². The first-order chi connectivity index (χ1) is 10.7. The van der Waals surface area contributed by atoms with E-state index >= 15 is 0 Å². The first-order valence-electron chi connectivity index (χ1n) is 9.55. The Morgan fingerprint density at radius 2 is 1.05 bits per heavy atom. The van der Waals surface area contributed by atoms with Crippen molar-refractivity contribution in [3.8, 4) is 0 Å². The number of alkyl halides is 1. The molecule has 0 bridgehead atoms. The summed E-state index contributed by atoms with van der Waals surface area (Å²) in [5.41, 5.74) is 0. The molecular weight excluding hydrogens is 340 g/mol. The van der Waals surface area contributed by atoms with Crippen LogP contribution in [0.3, 0.4) is 0 Å². The summed E-state index contributed by atoms with van der Waals surface area (Å²) < 4.78 is 0. The first-order valence-corrected chi connectivity index (χ1v) is 10.5. The second-order valence-corrected chi connectivity index (χ2v) is 7.65. The molecule has 0 saturated heterocycles. The molecule has 0 aliphatic heterocycles. The smallest absolute Gasteiger partial charge is 0.317 e. The third-order valence-electron chi connectivity index (χ3n) is 4.33. The Hall–Kier alpha value is -0.0500. The van der Waals surface area contributed by atoms with Crippen LogP contribution in [0.2, 0.25) is 0 Å². The maximum Gasteiger partial charge on any atom is 0.317 e. The molecule has 2 nitrogen and oxygen atoms in total. The zero-order valence-electron chi connectivity index (χ0n) is 14.6. The Morgan fingerprint density at radius 3 is 1.36 bits per heavy atom. The molecule has 0 heterocycles. The van der Waals surface area contributed by atoms with Gasteiger partial charge in [-0.3, -0.25) is 4.79 Å². The van der Waals surface area contributed by atoms with Gasteiger partial charge in [0.1, 0.15) is 4.83 Å². The maximum atomic E-state index is 10.6. The van der Waals surface area contributed by atoms with Crippen molar-refractivity contribution in [1.82, 2.24) is 0 Å². The largest absolute Gasteiger partial charge is 0.480 e. The molecule has 0 radical (unpaired) electrons. The van der Waals surface area contributed by atoms with Gasteiger partial charge in [0.15, 0.2) is 0 Å². The van der Waals surface area contributed by atoms with Crippen molar-refractivity contribution in [2.24, 2.45) is 0 Å². The van der Waals surface area contributed by atoms with Gasteiger partial charge in [-0.05, 0) is 6.42 Å². The molecule has 0 aliphatic carbocycles. The van der Waals surface area contributed by atoms with Crippen molar-refractivity contribution < 1.29 is 9.90 Å². The predicted molar refractivity (Wildman–Crippen MR) is 99.9 cm³/mol. The average molecular weight is 377 g/mol. The van der Waals surface area contributed by atoms with Gasteiger partial charge in [0.05, 0.1) is 0 Å². The lowest BCUT2D eigenvalue weighted by atomic mass is 10.0. The minimum atomic E-state index is -0.731. The molecule has 1 N–H and O–H groups in total. The Labute approximate surface area is 146 Å². The SMILES string of the molecule is CCCCCCCCCCCCCCCCCC(Br)C(=O)O. The van der Waals surface area contributed by atoms with Crippen LogP contribution in [0.15, 0.2) is 0 Å². The second kappa shape index (κ2) is 17.3. The van der Waals surface area contributed by atoms with E-state index < -0.39 is 5.97 Å². The minimum Gasteiger partial charge on any atom is -0.480 e. The van der Waals surface area contributed by atoms with Crippen LogP contribution in [0.5, 0.6) is 0 Å². The second-order valence-electron chi connectivity index (χ2n) is 6.54. The summed E-state index contributed by atoms with van der Waals surface area (Å²) in [4.78, 5) is 10.3. The van der Waals surface area contributed by atoms with Gasteiger partial charge in [-0.15, -0.1) is 0 Å². The summed E-state index contributed by atoms with van der Waals surface area (Å²) in [5, 5.41) is 8.75. The summed E-state index contributed by atoms with van der Waals surface area (Å²) in [5.74, 6) is -0.731. The fraction of sp³-hybridized carbons (Fsp3) is 0.947. The summed E-state index contributed by atoms with van der Waals surface area (Å²) in [6, 6.07) is 0. The lowest BCUT2D eigenvalue weighted by molar-refractivity contribution is -0.136. The monoisotopic (exact) mass is 376 g/mol. The highest BCUT2D eigenvalue weighted by atomic mass is 79.9. The summed E-state index contributed by atoms with van der Waals surface area (Å²) >= 11 is 3.18. The number of unbranched alkanes of at least 4 members (excludes halogenated alkanes) is 14. The van der Waals surface area contributed by atoms with Crippen LogP contribution in [0.4, 0.5) is 0 Å². The average Bonchev–Trinajstić information content (AvgIpc) is 2.50. The molecule has 0 amide bonds. The summed E-state index contributed by atoms with van der Waals surface area (Å²) in [6.07, 6.45) is 21.0. The van der Waals surface area contributed by atoms with Gasteiger partial charge >= 0.3 is 5.97 Å². The zero-order valence-corrected chi connectivity index (χ0v) is 16.2. The van der Waals surface area contributed by atoms with Gasteiger partial charge in [-0.2, -0.15) is 0 Å². The van der Waals surface area contributed by atoms with E-state index in [-0.39, 0.29) is 4.83 Å². The van der Waals surface area contributed by atoms with Crippen LogP contribution < -0.4 is 0 Å². The number of carboxylic acid groups (broad SMARTS) is 1. The highest BCUT2D eigenvalue weighted by Gasteiger charge is 2.11. The van der Waals surface area contributed by atoms with Crippen LogP contribution in [0.25, 0.3) is 0 Å². The minimum absolute atomic E-state index is 0.352. The lowest BCUT2D eigenvalue weighted by Gasteiger charge is -2.05. The van der Waals surface area contributed by atoms with Gasteiger partial charge in [-0.25, -0.2) is 0 Å². The third kappa shape index (κ3) is 16.3. The number of rotatable bonds is 17. The number of halogens is 1. The number of carbonyl (C=O) groups is 1. The van der Waals surface area contributed by atoms with E-state index in [2.05, 4.69) is 22.9 Å². The van der Waals surface area contributed by atoms with Gasteiger partial charge < -0.3 is 5.11 Å². The molecule has 0 aliphatic rings. The maximum absolute atomic E-state index is 10.6. The van der Waals surface area contributed by atoms with E-state index in [4.69, 9.17) is 5.11 Å². The Bertz CT molecular complexity index is 244. The van der Waals surface area contributed by atoms with Crippen molar-refractivity contribution >= 4 is 21.9 Å². The fourth-order valence-corrected chi connectivity index (χ4v) is 3.14. The van der Waals surface area contributed by atoms with Crippen LogP contribution in [0.1, 0.15) is 110 Å². The number of hydrogen-bond acceptors (Lipinski definition) is 1. The van der Waals surface area contributed by atoms with E-state index in [0.29, 0.717) is 0 Å². The quantitative estimate of drug-likeness (QED) is 0.217. The fourth-order valence-electron chi connectivity index (χ4n) is 2.82. The molecule has 0 aromatic carbocycles. The van der Waals surface area contributed by atoms with E-state index in [0.717, 1.165) is 12.8 Å². The number of hydrogen-bond donors (Lipinski definition) is 1. The van der Waals surface area contributed by atoms with E-state index in [1.165, 1.54) is 89.9 Å². The number of carboxylic acids is 1. The molecule has 22 heavy (non-hydrogen) atoms. The molecule has 1 unspecified atom stereocenters. The molecule has 0 saturated carbocycles. The Balaban J connectivity index is 3.04. The van der Waals surface area contributed by atoms with Crippen LogP contribution >= 0.6 is 15.9 Å². The third-order valence-corrected chi connectivity index (χ3v) is 5.18. The Kier molecular flexibility index (Phi) is 17.3. The molecule has 0 rings (SSSR count). The predicted octanol–water partition coefficient (Wildman–Crippen LogP) is 7.10. The Morgan fingerprint density at radius 1 is 0.727 bits per heavy atom. The molecule has 0 spiro atoms. The van der Waals surface area contributed by atoms with Crippen LogP contribution in [0, 0.1) is 0 Å². The van der Waals surface area contributed by atoms with Crippen molar-refractivity contribution in [2.75, 3.05) is 0 Å². The van der Waals surface area contributed by atoms with Gasteiger partial charge in [0, 0.05) is 0 Å². The lowest BCUT2D eigenvalue weighted by Crippen LogP contribution is -2.11. The van der Waals surface area contributed by atoms with Gasteiger partial charge in [-0.1, -0.05) is 119 Å². The van der Waals surface area contributed by atoms with Crippen molar-refractivity contribution in [3.05, 3.63) is 0 Å². The van der Waals surface area contributed by atoms with Crippen LogP contribution in [-0.4, -0.2) is 15.9 Å². The van der Waals surface area contributed by atoms with Crippen molar-refractivity contribution in [2.45, 2.75) is 114 Å². The molecular formula is C19H37BrO2. The molecule has 1 atom stereocenters. The summed E-state index contributed by atoms with van der Waals surface area (Å²) in [7, 11) is 0. The van der Waals surface area contributed by atoms with Gasteiger partial charge in [0.2, 0.25) is 0 Å². The highest BCUT2D eigenvalue weighted by Crippen LogP contribution is 2.15. The molecule has 0 aromatic heterocycles. The highest BCUT2D eigenvalue weighted by molar-refractivity contribution is 9.10. The molecule has 3 heteroatoms. The van der Waals surface area contributed by atoms with E-state index in [1.54, 1.807) is 0 Å². The summed E-state index contributed by atoms with van der Waals surface area (Å²) in [6.45, 7) is 2.27. The van der Waals surface area contributed by atoms with Crippen molar-refractivity contribution in [1.29, 1.82) is 0 Å². The van der Waals surface area contributed by atoms with Crippen molar-refractivity contribution in [3.63, 3.8) is 0 Å². The normalized spacial score (nSPS) is 12.5. The topological polar surface area (TPSA) is 37.3 Å². The molecule has 132 valence electrons. The number of aliphatic carboxylic acids is 1. The van der Waals surface area contributed by atoms with E-state index in [1.807, 2.05) is 0 Å². The first kappa shape index (κ1) is 21.9.